The average molecular weight is 430 g/mol. The second kappa shape index (κ2) is 11.0. The molecule has 164 valence electrons. The number of ether oxygens (including phenoxy) is 1. The summed E-state index contributed by atoms with van der Waals surface area (Å²) in [5, 5.41) is 14.0. The van der Waals surface area contributed by atoms with Gasteiger partial charge in [-0.25, -0.2) is 4.39 Å². The van der Waals surface area contributed by atoms with Crippen molar-refractivity contribution in [2.45, 2.75) is 45.3 Å². The van der Waals surface area contributed by atoms with Crippen molar-refractivity contribution in [2.75, 3.05) is 0 Å². The van der Waals surface area contributed by atoms with Crippen LogP contribution < -0.4 is 5.32 Å². The number of hydrogen-bond donors (Lipinski definition) is 1. The van der Waals surface area contributed by atoms with E-state index in [4.69, 9.17) is 4.74 Å². The molecular formula is C22H23FN2O6. The number of halogens is 1. The van der Waals surface area contributed by atoms with Crippen molar-refractivity contribution in [2.24, 2.45) is 0 Å². The van der Waals surface area contributed by atoms with Gasteiger partial charge in [0.25, 0.3) is 5.69 Å². The van der Waals surface area contributed by atoms with Gasteiger partial charge in [0.05, 0.1) is 29.1 Å². The van der Waals surface area contributed by atoms with E-state index in [0.717, 1.165) is 12.1 Å². The molecule has 9 heteroatoms. The third-order valence-electron chi connectivity index (χ3n) is 4.33. The first kappa shape index (κ1) is 23.7. The predicted molar refractivity (Wildman–Crippen MR) is 110 cm³/mol. The quantitative estimate of drug-likeness (QED) is 0.265. The van der Waals surface area contributed by atoms with Crippen LogP contribution in [0.3, 0.4) is 0 Å². The number of nitro groups is 1. The molecule has 0 aliphatic heterocycles. The Morgan fingerprint density at radius 3 is 2.32 bits per heavy atom. The number of esters is 1. The highest BCUT2D eigenvalue weighted by Crippen LogP contribution is 2.27. The van der Waals surface area contributed by atoms with Crippen molar-refractivity contribution in [3.05, 3.63) is 75.6 Å². The molecule has 0 heterocycles. The van der Waals surface area contributed by atoms with Gasteiger partial charge < -0.3 is 10.1 Å². The van der Waals surface area contributed by atoms with Crippen LogP contribution in [0.1, 0.15) is 55.1 Å². The summed E-state index contributed by atoms with van der Waals surface area (Å²) in [7, 11) is 0. The Labute approximate surface area is 178 Å². The molecule has 2 aromatic carbocycles. The maximum atomic E-state index is 13.0. The van der Waals surface area contributed by atoms with Crippen molar-refractivity contribution in [3.8, 4) is 0 Å². The van der Waals surface area contributed by atoms with Gasteiger partial charge in [0.1, 0.15) is 5.82 Å². The van der Waals surface area contributed by atoms with Crippen molar-refractivity contribution in [1.29, 1.82) is 0 Å². The molecule has 0 spiro atoms. The number of amides is 1. The van der Waals surface area contributed by atoms with Gasteiger partial charge in [-0.15, -0.1) is 0 Å². The van der Waals surface area contributed by atoms with Crippen molar-refractivity contribution < 1.29 is 28.4 Å². The number of ketones is 1. The Morgan fingerprint density at radius 2 is 1.71 bits per heavy atom. The highest BCUT2D eigenvalue weighted by Gasteiger charge is 2.26. The van der Waals surface area contributed by atoms with E-state index in [1.54, 1.807) is 19.9 Å². The maximum absolute atomic E-state index is 13.0. The first-order chi connectivity index (χ1) is 14.7. The molecule has 1 N–H and O–H groups in total. The van der Waals surface area contributed by atoms with Gasteiger partial charge in [-0.1, -0.05) is 18.2 Å². The Hall–Kier alpha value is -3.62. The van der Waals surface area contributed by atoms with Crippen LogP contribution >= 0.6 is 0 Å². The van der Waals surface area contributed by atoms with Crippen LogP contribution in [-0.4, -0.2) is 28.7 Å². The monoisotopic (exact) mass is 430 g/mol. The molecule has 8 nitrogen and oxygen atoms in total. The summed E-state index contributed by atoms with van der Waals surface area (Å²) in [5.74, 6) is -2.01. The minimum Gasteiger partial charge on any atom is -0.463 e. The van der Waals surface area contributed by atoms with Crippen LogP contribution in [0.25, 0.3) is 0 Å². The molecule has 1 atom stereocenters. The summed E-state index contributed by atoms with van der Waals surface area (Å²) in [6, 6.07) is 9.73. The fourth-order valence-corrected chi connectivity index (χ4v) is 2.94. The predicted octanol–water partition coefficient (Wildman–Crippen LogP) is 3.90. The SMILES string of the molecule is CC(C)OC(=O)C[C@H](NC(=O)CCC(=O)c1ccc(F)cc1)c1ccccc1[N+](=O)[O-]. The lowest BCUT2D eigenvalue weighted by atomic mass is 10.0. The van der Waals surface area contributed by atoms with E-state index in [1.807, 2.05) is 0 Å². The number of nitrogens with zero attached hydrogens (tertiary/aromatic N) is 1. The second-order valence-electron chi connectivity index (χ2n) is 7.11. The molecule has 0 aromatic heterocycles. The third-order valence-corrected chi connectivity index (χ3v) is 4.33. The molecular weight excluding hydrogens is 407 g/mol. The molecule has 31 heavy (non-hydrogen) atoms. The summed E-state index contributed by atoms with van der Waals surface area (Å²) < 4.78 is 18.1. The van der Waals surface area contributed by atoms with E-state index < -0.39 is 28.7 Å². The van der Waals surface area contributed by atoms with Gasteiger partial charge in [-0.05, 0) is 38.1 Å². The smallest absolute Gasteiger partial charge is 0.308 e. The van der Waals surface area contributed by atoms with E-state index >= 15 is 0 Å². The zero-order valence-electron chi connectivity index (χ0n) is 17.2. The molecule has 0 unspecified atom stereocenters. The molecule has 0 aliphatic carbocycles. The molecule has 0 bridgehead atoms. The normalized spacial score (nSPS) is 11.6. The number of hydrogen-bond acceptors (Lipinski definition) is 6. The van der Waals surface area contributed by atoms with Crippen LogP contribution in [0.2, 0.25) is 0 Å². The number of nitrogens with one attached hydrogen (secondary N) is 1. The summed E-state index contributed by atoms with van der Waals surface area (Å²) in [6.07, 6.45) is -1.03. The van der Waals surface area contributed by atoms with Crippen LogP contribution in [0.15, 0.2) is 48.5 Å². The van der Waals surface area contributed by atoms with Gasteiger partial charge in [-0.2, -0.15) is 0 Å². The number of carbonyl (C=O) groups excluding carboxylic acids is 3. The van der Waals surface area contributed by atoms with Crippen molar-refractivity contribution >= 4 is 23.3 Å². The Kier molecular flexibility index (Phi) is 8.36. The summed E-state index contributed by atoms with van der Waals surface area (Å²) in [5.41, 5.74) is 0.184. The van der Waals surface area contributed by atoms with Crippen LogP contribution in [0.5, 0.6) is 0 Å². The van der Waals surface area contributed by atoms with E-state index in [0.29, 0.717) is 0 Å². The zero-order chi connectivity index (χ0) is 23.0. The topological polar surface area (TPSA) is 116 Å². The molecule has 0 saturated heterocycles. The lowest BCUT2D eigenvalue weighted by Gasteiger charge is -2.19. The number of para-hydroxylation sites is 1. The van der Waals surface area contributed by atoms with Crippen LogP contribution in [-0.2, 0) is 14.3 Å². The lowest BCUT2D eigenvalue weighted by molar-refractivity contribution is -0.385. The van der Waals surface area contributed by atoms with Gasteiger partial charge in [-0.3, -0.25) is 24.5 Å². The van der Waals surface area contributed by atoms with Crippen LogP contribution in [0, 0.1) is 15.9 Å². The third kappa shape index (κ3) is 7.29. The van der Waals surface area contributed by atoms with E-state index in [1.165, 1.54) is 30.3 Å². The Bertz CT molecular complexity index is 959. The highest BCUT2D eigenvalue weighted by atomic mass is 19.1. The van der Waals surface area contributed by atoms with Gasteiger partial charge >= 0.3 is 5.97 Å². The second-order valence-corrected chi connectivity index (χ2v) is 7.11. The van der Waals surface area contributed by atoms with Crippen LogP contribution in [0.4, 0.5) is 10.1 Å². The lowest BCUT2D eigenvalue weighted by Crippen LogP contribution is -2.31. The number of nitro benzene ring substituents is 1. The fourth-order valence-electron chi connectivity index (χ4n) is 2.94. The van der Waals surface area contributed by atoms with Crippen molar-refractivity contribution in [3.63, 3.8) is 0 Å². The highest BCUT2D eigenvalue weighted by molar-refractivity contribution is 5.98. The molecule has 0 fully saturated rings. The Balaban J connectivity index is 2.12. The van der Waals surface area contributed by atoms with E-state index in [-0.39, 0.29) is 48.0 Å². The largest absolute Gasteiger partial charge is 0.463 e. The number of rotatable bonds is 10. The molecule has 2 aromatic rings. The number of Topliss-reactive ketones (excluding diaryl/α,β-unsaturated/α-hetero) is 1. The first-order valence-corrected chi connectivity index (χ1v) is 9.68. The summed E-state index contributed by atoms with van der Waals surface area (Å²) in [6.45, 7) is 3.33. The van der Waals surface area contributed by atoms with E-state index in [9.17, 15) is 28.9 Å². The number of benzene rings is 2. The first-order valence-electron chi connectivity index (χ1n) is 9.68. The molecule has 0 saturated carbocycles. The number of carbonyl (C=O) groups is 3. The Morgan fingerprint density at radius 1 is 1.06 bits per heavy atom. The minimum absolute atomic E-state index is 0.141. The fraction of sp³-hybridized carbons (Fsp3) is 0.318. The molecule has 0 radical (unpaired) electrons. The summed E-state index contributed by atoms with van der Waals surface area (Å²) >= 11 is 0. The molecule has 1 amide bonds. The average Bonchev–Trinajstić information content (AvgIpc) is 2.71. The molecule has 2 rings (SSSR count). The van der Waals surface area contributed by atoms with E-state index in [2.05, 4.69) is 5.32 Å². The maximum Gasteiger partial charge on any atom is 0.308 e. The standard InChI is InChI=1S/C22H23FN2O6/c1-14(2)31-22(28)13-18(17-5-3-4-6-19(17)25(29)30)24-21(27)12-11-20(26)15-7-9-16(23)10-8-15/h3-10,14,18H,11-13H2,1-2H3,(H,24,27)/t18-/m0/s1. The van der Waals surface area contributed by atoms with Gasteiger partial charge in [0.15, 0.2) is 5.78 Å². The molecule has 0 aliphatic rings. The zero-order valence-corrected chi connectivity index (χ0v) is 17.2. The van der Waals surface area contributed by atoms with Gasteiger partial charge in [0, 0.05) is 24.5 Å². The minimum atomic E-state index is -0.999. The summed E-state index contributed by atoms with van der Waals surface area (Å²) in [4.78, 5) is 47.6. The van der Waals surface area contributed by atoms with Gasteiger partial charge in [0.2, 0.25) is 5.91 Å². The van der Waals surface area contributed by atoms with Crippen molar-refractivity contribution in [1.82, 2.24) is 5.32 Å².